The Morgan fingerprint density at radius 2 is 1.50 bits per heavy atom. The number of anilines is 1. The molecule has 0 aliphatic rings. The van der Waals surface area contributed by atoms with Gasteiger partial charge >= 0.3 is 0 Å². The molecule has 0 bridgehead atoms. The predicted molar refractivity (Wildman–Crippen MR) is 54.7 cm³/mol. The molecule has 0 aromatic heterocycles. The molecule has 1 aromatic carbocycles. The van der Waals surface area contributed by atoms with Crippen molar-refractivity contribution in [2.45, 2.75) is 13.8 Å². The van der Waals surface area contributed by atoms with Gasteiger partial charge in [-0.15, -0.1) is 0 Å². The van der Waals surface area contributed by atoms with E-state index in [4.69, 9.17) is 0 Å². The second-order valence-corrected chi connectivity index (χ2v) is 3.47. The van der Waals surface area contributed by atoms with E-state index >= 15 is 0 Å². The Labute approximate surface area is 75.0 Å². The quantitative estimate of drug-likeness (QED) is 0.613. The van der Waals surface area contributed by atoms with Gasteiger partial charge in [0.15, 0.2) is 0 Å². The highest BCUT2D eigenvalue weighted by Crippen LogP contribution is 2.23. The molecule has 12 heavy (non-hydrogen) atoms. The van der Waals surface area contributed by atoms with E-state index in [9.17, 15) is 0 Å². The fourth-order valence-electron chi connectivity index (χ4n) is 1.75. The molecular formula is C11H16N. The van der Waals surface area contributed by atoms with Crippen LogP contribution in [0.15, 0.2) is 12.1 Å². The average molecular weight is 162 g/mol. The zero-order chi connectivity index (χ0) is 9.30. The lowest BCUT2D eigenvalue weighted by molar-refractivity contribution is 1.09. The van der Waals surface area contributed by atoms with Gasteiger partial charge in [0.25, 0.3) is 0 Å². The molecule has 0 unspecified atom stereocenters. The van der Waals surface area contributed by atoms with E-state index in [-0.39, 0.29) is 0 Å². The van der Waals surface area contributed by atoms with Crippen LogP contribution in [-0.4, -0.2) is 14.1 Å². The second kappa shape index (κ2) is 3.18. The Kier molecular flexibility index (Phi) is 2.41. The molecule has 1 radical (unpaired) electrons. The van der Waals surface area contributed by atoms with E-state index in [1.165, 1.54) is 16.8 Å². The summed E-state index contributed by atoms with van der Waals surface area (Å²) in [7, 11) is 4.14. The van der Waals surface area contributed by atoms with Gasteiger partial charge in [0.05, 0.1) is 0 Å². The molecule has 0 atom stereocenters. The van der Waals surface area contributed by atoms with Crippen molar-refractivity contribution in [3.05, 3.63) is 35.7 Å². The van der Waals surface area contributed by atoms with Crippen molar-refractivity contribution in [3.8, 4) is 0 Å². The summed E-state index contributed by atoms with van der Waals surface area (Å²) in [5.41, 5.74) is 4.99. The Morgan fingerprint density at radius 1 is 1.08 bits per heavy atom. The number of nitrogens with zero attached hydrogens (tertiary/aromatic N) is 1. The molecule has 0 N–H and O–H groups in total. The molecule has 0 aliphatic carbocycles. The van der Waals surface area contributed by atoms with E-state index in [1.807, 2.05) is 0 Å². The molecule has 0 spiro atoms. The van der Waals surface area contributed by atoms with Gasteiger partial charge < -0.3 is 4.90 Å². The zero-order valence-electron chi connectivity index (χ0n) is 8.31. The van der Waals surface area contributed by atoms with Gasteiger partial charge in [-0.2, -0.15) is 0 Å². The van der Waals surface area contributed by atoms with E-state index in [0.29, 0.717) is 0 Å². The Balaban J connectivity index is 3.28. The molecule has 1 nitrogen and oxygen atoms in total. The zero-order valence-corrected chi connectivity index (χ0v) is 8.31. The first-order chi connectivity index (χ1) is 5.52. The van der Waals surface area contributed by atoms with Crippen molar-refractivity contribution in [2.75, 3.05) is 19.0 Å². The van der Waals surface area contributed by atoms with Crippen molar-refractivity contribution < 1.29 is 0 Å². The minimum absolute atomic E-state index is 1.09. The Morgan fingerprint density at radius 3 is 1.83 bits per heavy atom. The molecule has 0 aliphatic heterocycles. The summed E-state index contributed by atoms with van der Waals surface area (Å²) in [6.07, 6.45) is 0. The van der Waals surface area contributed by atoms with Crippen molar-refractivity contribution >= 4 is 5.69 Å². The molecule has 0 saturated carbocycles. The van der Waals surface area contributed by atoms with E-state index in [1.54, 1.807) is 0 Å². The highest BCUT2D eigenvalue weighted by Gasteiger charge is 2.04. The molecule has 1 heteroatoms. The lowest BCUT2D eigenvalue weighted by atomic mass is 10.0. The maximum Gasteiger partial charge on any atom is 0.0420 e. The Hall–Kier alpha value is -0.980. The second-order valence-electron chi connectivity index (χ2n) is 3.47. The van der Waals surface area contributed by atoms with Gasteiger partial charge in [-0.25, -0.2) is 0 Å². The first-order valence-corrected chi connectivity index (χ1v) is 4.13. The standard InChI is InChI=1S/C11H16N/c1-8-6-9(2)11(12(4)5)10(3)7-8/h6-7H,1H2,2-5H3. The predicted octanol–water partition coefficient (Wildman–Crippen LogP) is 2.55. The summed E-state index contributed by atoms with van der Waals surface area (Å²) >= 11 is 0. The number of benzene rings is 1. The van der Waals surface area contributed by atoms with Crippen molar-refractivity contribution in [2.24, 2.45) is 0 Å². The van der Waals surface area contributed by atoms with Crippen LogP contribution < -0.4 is 4.90 Å². The number of aryl methyl sites for hydroxylation is 2. The van der Waals surface area contributed by atoms with Gasteiger partial charge in [0.2, 0.25) is 0 Å². The maximum absolute atomic E-state index is 3.92. The van der Waals surface area contributed by atoms with Crippen LogP contribution in [0.25, 0.3) is 0 Å². The fraction of sp³-hybridized carbons (Fsp3) is 0.364. The van der Waals surface area contributed by atoms with Crippen LogP contribution in [0.4, 0.5) is 5.69 Å². The van der Waals surface area contributed by atoms with Crippen molar-refractivity contribution in [3.63, 3.8) is 0 Å². The van der Waals surface area contributed by atoms with Gasteiger partial charge in [-0.3, -0.25) is 0 Å². The van der Waals surface area contributed by atoms with Crippen LogP contribution in [0.3, 0.4) is 0 Å². The average Bonchev–Trinajstić information content (AvgIpc) is 1.82. The van der Waals surface area contributed by atoms with E-state index < -0.39 is 0 Å². The number of hydrogen-bond donors (Lipinski definition) is 0. The lowest BCUT2D eigenvalue weighted by Gasteiger charge is -2.19. The minimum Gasteiger partial charge on any atom is -0.377 e. The Bertz CT molecular complexity index is 264. The van der Waals surface area contributed by atoms with Crippen LogP contribution >= 0.6 is 0 Å². The third-order valence-corrected chi connectivity index (χ3v) is 2.00. The summed E-state index contributed by atoms with van der Waals surface area (Å²) in [4.78, 5) is 2.14. The monoisotopic (exact) mass is 162 g/mol. The topological polar surface area (TPSA) is 3.24 Å². The smallest absolute Gasteiger partial charge is 0.0420 e. The van der Waals surface area contributed by atoms with E-state index in [0.717, 1.165) is 5.56 Å². The molecular weight excluding hydrogens is 146 g/mol. The summed E-state index contributed by atoms with van der Waals surface area (Å²) in [6.45, 7) is 8.17. The third kappa shape index (κ3) is 1.60. The van der Waals surface area contributed by atoms with Gasteiger partial charge in [0.1, 0.15) is 0 Å². The molecule has 65 valence electrons. The van der Waals surface area contributed by atoms with E-state index in [2.05, 4.69) is 51.9 Å². The number of hydrogen-bond acceptors (Lipinski definition) is 1. The van der Waals surface area contributed by atoms with Crippen LogP contribution in [0.1, 0.15) is 16.7 Å². The fourth-order valence-corrected chi connectivity index (χ4v) is 1.75. The molecule has 0 fully saturated rings. The van der Waals surface area contributed by atoms with Crippen LogP contribution in [0.2, 0.25) is 0 Å². The summed E-state index contributed by atoms with van der Waals surface area (Å²) < 4.78 is 0. The largest absolute Gasteiger partial charge is 0.377 e. The molecule has 0 amide bonds. The highest BCUT2D eigenvalue weighted by molar-refractivity contribution is 5.59. The number of rotatable bonds is 1. The summed E-state index contributed by atoms with van der Waals surface area (Å²) in [5, 5.41) is 0. The van der Waals surface area contributed by atoms with Crippen molar-refractivity contribution in [1.29, 1.82) is 0 Å². The SMILES string of the molecule is [CH2]c1cc(C)c(N(C)C)c(C)c1. The lowest BCUT2D eigenvalue weighted by Crippen LogP contribution is -2.12. The molecule has 0 saturated heterocycles. The third-order valence-electron chi connectivity index (χ3n) is 2.00. The van der Waals surface area contributed by atoms with Gasteiger partial charge in [-0.1, -0.05) is 12.1 Å². The first-order valence-electron chi connectivity index (χ1n) is 4.13. The first kappa shape index (κ1) is 9.11. The van der Waals surface area contributed by atoms with Gasteiger partial charge in [0, 0.05) is 19.8 Å². The summed E-state index contributed by atoms with van der Waals surface area (Å²) in [5.74, 6) is 0. The minimum atomic E-state index is 1.09. The molecule has 0 heterocycles. The highest BCUT2D eigenvalue weighted by atomic mass is 15.1. The molecule has 1 aromatic rings. The van der Waals surface area contributed by atoms with Crippen LogP contribution in [-0.2, 0) is 0 Å². The summed E-state index contributed by atoms with van der Waals surface area (Å²) in [6, 6.07) is 4.23. The maximum atomic E-state index is 3.92. The normalized spacial score (nSPS) is 10.1. The van der Waals surface area contributed by atoms with Crippen LogP contribution in [0, 0.1) is 20.8 Å². The molecule has 1 rings (SSSR count). The van der Waals surface area contributed by atoms with Crippen LogP contribution in [0.5, 0.6) is 0 Å². The van der Waals surface area contributed by atoms with Crippen molar-refractivity contribution in [1.82, 2.24) is 0 Å². The van der Waals surface area contributed by atoms with Gasteiger partial charge in [-0.05, 0) is 37.5 Å².